The molecule has 0 radical (unpaired) electrons. The van der Waals surface area contributed by atoms with Crippen LogP contribution in [0.3, 0.4) is 0 Å². The molecule has 2 rings (SSSR count). The molecule has 2 aromatic carbocycles. The van der Waals surface area contributed by atoms with Gasteiger partial charge >= 0.3 is 5.97 Å². The Kier molecular flexibility index (Phi) is 7.86. The molecule has 5 nitrogen and oxygen atoms in total. The highest BCUT2D eigenvalue weighted by Gasteiger charge is 2.17. The minimum atomic E-state index is -0.700. The molecule has 0 aliphatic heterocycles. The molecule has 27 heavy (non-hydrogen) atoms. The number of carbonyl (C=O) groups is 2. The van der Waals surface area contributed by atoms with E-state index in [1.54, 1.807) is 31.2 Å². The Morgan fingerprint density at radius 2 is 1.63 bits per heavy atom. The fourth-order valence-corrected chi connectivity index (χ4v) is 2.37. The summed E-state index contributed by atoms with van der Waals surface area (Å²) in [7, 11) is 0. The van der Waals surface area contributed by atoms with Gasteiger partial charge in [-0.1, -0.05) is 44.2 Å². The fraction of sp³-hybridized carbons (Fsp3) is 0.364. The first-order valence-corrected chi connectivity index (χ1v) is 9.21. The number of hydrogen-bond acceptors (Lipinski definition) is 4. The van der Waals surface area contributed by atoms with Crippen LogP contribution in [-0.4, -0.2) is 31.1 Å². The molecule has 0 saturated carbocycles. The molecule has 0 aliphatic rings. The van der Waals surface area contributed by atoms with Gasteiger partial charge in [0.05, 0.1) is 6.61 Å². The van der Waals surface area contributed by atoms with E-state index in [1.165, 1.54) is 5.56 Å². The van der Waals surface area contributed by atoms with Gasteiger partial charge in [0.1, 0.15) is 5.75 Å². The molecule has 0 fully saturated rings. The van der Waals surface area contributed by atoms with Crippen molar-refractivity contribution in [3.63, 3.8) is 0 Å². The topological polar surface area (TPSA) is 64.6 Å². The third-order valence-corrected chi connectivity index (χ3v) is 3.86. The van der Waals surface area contributed by atoms with Gasteiger partial charge in [0.25, 0.3) is 5.91 Å². The summed E-state index contributed by atoms with van der Waals surface area (Å²) in [5.41, 5.74) is 1.73. The zero-order valence-electron chi connectivity index (χ0n) is 16.1. The molecule has 1 amide bonds. The summed E-state index contributed by atoms with van der Waals surface area (Å²) in [5.74, 6) is 0.263. The summed E-state index contributed by atoms with van der Waals surface area (Å²) in [6.07, 6.45) is 0.0818. The zero-order valence-corrected chi connectivity index (χ0v) is 16.1. The largest absolute Gasteiger partial charge is 0.479 e. The van der Waals surface area contributed by atoms with Crippen LogP contribution in [0.1, 0.15) is 36.7 Å². The first-order valence-electron chi connectivity index (χ1n) is 9.21. The number of benzene rings is 2. The van der Waals surface area contributed by atoms with Gasteiger partial charge in [-0.25, -0.2) is 4.79 Å². The Balaban J connectivity index is 1.79. The molecular weight excluding hydrogens is 342 g/mol. The second-order valence-electron chi connectivity index (χ2n) is 6.80. The lowest BCUT2D eigenvalue weighted by Crippen LogP contribution is -2.27. The lowest BCUT2D eigenvalue weighted by molar-refractivity contribution is -0.152. The van der Waals surface area contributed by atoms with Crippen LogP contribution in [0.4, 0.5) is 0 Å². The van der Waals surface area contributed by atoms with Gasteiger partial charge in [0, 0.05) is 12.1 Å². The number of esters is 1. The van der Waals surface area contributed by atoms with Gasteiger partial charge in [0.15, 0.2) is 6.10 Å². The lowest BCUT2D eigenvalue weighted by atomic mass is 10.1. The van der Waals surface area contributed by atoms with Crippen molar-refractivity contribution in [1.82, 2.24) is 5.32 Å². The highest BCUT2D eigenvalue weighted by Crippen LogP contribution is 2.14. The molecule has 1 atom stereocenters. The van der Waals surface area contributed by atoms with Crippen LogP contribution in [-0.2, 0) is 16.0 Å². The van der Waals surface area contributed by atoms with Crippen molar-refractivity contribution >= 4 is 11.9 Å². The zero-order chi connectivity index (χ0) is 19.6. The van der Waals surface area contributed by atoms with Gasteiger partial charge < -0.3 is 14.8 Å². The number of hydrogen-bond donors (Lipinski definition) is 1. The van der Waals surface area contributed by atoms with Crippen molar-refractivity contribution < 1.29 is 19.1 Å². The SMILES string of the molecule is CC(C)COC(=O)C(C)Oc1ccc(C(=O)NCCc2ccccc2)cc1. The maximum absolute atomic E-state index is 12.2. The molecule has 1 unspecified atom stereocenters. The van der Waals surface area contributed by atoms with Gasteiger partial charge in [0.2, 0.25) is 0 Å². The predicted molar refractivity (Wildman–Crippen MR) is 105 cm³/mol. The summed E-state index contributed by atoms with van der Waals surface area (Å²) in [4.78, 5) is 24.1. The lowest BCUT2D eigenvalue weighted by Gasteiger charge is -2.15. The first kappa shape index (κ1) is 20.5. The quantitative estimate of drug-likeness (QED) is 0.686. The van der Waals surface area contributed by atoms with Crippen molar-refractivity contribution in [3.05, 3.63) is 65.7 Å². The average molecular weight is 369 g/mol. The van der Waals surface area contributed by atoms with Crippen molar-refractivity contribution in [3.8, 4) is 5.75 Å². The average Bonchev–Trinajstić information content (AvgIpc) is 2.67. The Bertz CT molecular complexity index is 726. The Morgan fingerprint density at radius 3 is 2.26 bits per heavy atom. The number of amides is 1. The molecule has 0 bridgehead atoms. The molecule has 0 spiro atoms. The van der Waals surface area contributed by atoms with Gasteiger partial charge in [-0.2, -0.15) is 0 Å². The summed E-state index contributed by atoms with van der Waals surface area (Å²) in [5, 5.41) is 2.90. The second kappa shape index (κ2) is 10.4. The van der Waals surface area contributed by atoms with E-state index in [-0.39, 0.29) is 11.8 Å². The highest BCUT2D eigenvalue weighted by molar-refractivity contribution is 5.94. The maximum Gasteiger partial charge on any atom is 0.347 e. The van der Waals surface area contributed by atoms with Crippen LogP contribution in [0.15, 0.2) is 54.6 Å². The van der Waals surface area contributed by atoms with Crippen LogP contribution in [0.2, 0.25) is 0 Å². The second-order valence-corrected chi connectivity index (χ2v) is 6.80. The molecular formula is C22H27NO4. The van der Waals surface area contributed by atoms with E-state index < -0.39 is 12.1 Å². The van der Waals surface area contributed by atoms with Gasteiger partial charge in [-0.05, 0) is 49.1 Å². The molecule has 2 aromatic rings. The van der Waals surface area contributed by atoms with Gasteiger partial charge in [-0.3, -0.25) is 4.79 Å². The van der Waals surface area contributed by atoms with Crippen LogP contribution in [0, 0.1) is 5.92 Å². The molecule has 0 aliphatic carbocycles. The molecule has 0 saturated heterocycles. The van der Waals surface area contributed by atoms with Gasteiger partial charge in [-0.15, -0.1) is 0 Å². The van der Waals surface area contributed by atoms with E-state index >= 15 is 0 Å². The standard InChI is InChI=1S/C22H27NO4/c1-16(2)15-26-22(25)17(3)27-20-11-9-19(10-12-20)21(24)23-14-13-18-7-5-4-6-8-18/h4-12,16-17H,13-15H2,1-3H3,(H,23,24). The molecule has 5 heteroatoms. The van der Waals surface area contributed by atoms with E-state index in [4.69, 9.17) is 9.47 Å². The van der Waals surface area contributed by atoms with E-state index in [1.807, 2.05) is 44.2 Å². The molecule has 1 N–H and O–H groups in total. The highest BCUT2D eigenvalue weighted by atomic mass is 16.6. The van der Waals surface area contributed by atoms with Crippen molar-refractivity contribution in [2.75, 3.05) is 13.2 Å². The fourth-order valence-electron chi connectivity index (χ4n) is 2.37. The third-order valence-electron chi connectivity index (χ3n) is 3.86. The summed E-state index contributed by atoms with van der Waals surface area (Å²) >= 11 is 0. The Labute approximate surface area is 160 Å². The number of rotatable bonds is 9. The van der Waals surface area contributed by atoms with Crippen LogP contribution < -0.4 is 10.1 Å². The minimum absolute atomic E-state index is 0.137. The van der Waals surface area contributed by atoms with E-state index in [0.717, 1.165) is 6.42 Å². The summed E-state index contributed by atoms with van der Waals surface area (Å²) in [6.45, 7) is 6.53. The summed E-state index contributed by atoms with van der Waals surface area (Å²) < 4.78 is 10.7. The van der Waals surface area contributed by atoms with Crippen molar-refractivity contribution in [2.45, 2.75) is 33.3 Å². The third kappa shape index (κ3) is 7.13. The van der Waals surface area contributed by atoms with E-state index in [9.17, 15) is 9.59 Å². The number of nitrogens with one attached hydrogen (secondary N) is 1. The maximum atomic E-state index is 12.2. The van der Waals surface area contributed by atoms with Crippen LogP contribution in [0.5, 0.6) is 5.75 Å². The number of ether oxygens (including phenoxy) is 2. The predicted octanol–water partition coefficient (Wildman–Crippen LogP) is 3.63. The molecule has 0 heterocycles. The van der Waals surface area contributed by atoms with E-state index in [0.29, 0.717) is 24.5 Å². The Hall–Kier alpha value is -2.82. The van der Waals surface area contributed by atoms with Crippen LogP contribution >= 0.6 is 0 Å². The Morgan fingerprint density at radius 1 is 0.963 bits per heavy atom. The molecule has 144 valence electrons. The van der Waals surface area contributed by atoms with Crippen molar-refractivity contribution in [1.29, 1.82) is 0 Å². The van der Waals surface area contributed by atoms with E-state index in [2.05, 4.69) is 5.32 Å². The normalized spacial score (nSPS) is 11.7. The summed E-state index contributed by atoms with van der Waals surface area (Å²) in [6, 6.07) is 16.7. The van der Waals surface area contributed by atoms with Crippen LogP contribution in [0.25, 0.3) is 0 Å². The number of carbonyl (C=O) groups excluding carboxylic acids is 2. The van der Waals surface area contributed by atoms with Crippen molar-refractivity contribution in [2.24, 2.45) is 5.92 Å². The monoisotopic (exact) mass is 369 g/mol. The minimum Gasteiger partial charge on any atom is -0.479 e. The first-order chi connectivity index (χ1) is 13.0. The molecule has 0 aromatic heterocycles. The smallest absolute Gasteiger partial charge is 0.347 e.